The van der Waals surface area contributed by atoms with Gasteiger partial charge in [-0.25, -0.2) is 19.6 Å². The first kappa shape index (κ1) is 23.3. The third-order valence-electron chi connectivity index (χ3n) is 5.03. The number of carbonyl (C=O) groups is 3. The van der Waals surface area contributed by atoms with Gasteiger partial charge in [-0.05, 0) is 18.4 Å². The van der Waals surface area contributed by atoms with Gasteiger partial charge in [0, 0.05) is 38.5 Å². The lowest BCUT2D eigenvalue weighted by atomic mass is 9.92. The van der Waals surface area contributed by atoms with Gasteiger partial charge in [0.15, 0.2) is 0 Å². The molecule has 1 saturated heterocycles. The van der Waals surface area contributed by atoms with Crippen molar-refractivity contribution in [3.8, 4) is 6.07 Å². The smallest absolute Gasteiger partial charge is 0.328 e. The summed E-state index contributed by atoms with van der Waals surface area (Å²) in [6.45, 7) is 3.53. The standard InChI is InChI=1S/C16H20N6O.C4H4O4/c1-11-5-8-22(14(23)3-6-17)9-13(11)21(2)16-12-4-7-18-15(12)19-10-20-16;5-3(6)1-2-4(7)8/h4,7,10-11,13H,3,5,8-9H2,1-2H3,(H,18,19,20);1-2H,(H,5,6)(H,7,8)/b;2-1-/t11-,13+;/m1./s1. The molecule has 0 spiro atoms. The summed E-state index contributed by atoms with van der Waals surface area (Å²) >= 11 is 0. The van der Waals surface area contributed by atoms with Gasteiger partial charge in [0.1, 0.15) is 24.2 Å². The normalized spacial score (nSPS) is 18.2. The van der Waals surface area contributed by atoms with Crippen LogP contribution in [0, 0.1) is 17.2 Å². The average Bonchev–Trinajstić information content (AvgIpc) is 3.21. The number of aromatic nitrogens is 3. The molecule has 1 amide bonds. The quantitative estimate of drug-likeness (QED) is 0.595. The first-order valence-electron chi connectivity index (χ1n) is 9.54. The highest BCUT2D eigenvalue weighted by molar-refractivity contribution is 5.89. The molecule has 0 radical (unpaired) electrons. The number of aromatic amines is 1. The van der Waals surface area contributed by atoms with E-state index in [4.69, 9.17) is 15.5 Å². The Morgan fingerprint density at radius 3 is 2.61 bits per heavy atom. The number of likely N-dealkylation sites (N-methyl/N-ethyl adjacent to an activating group) is 1. The third kappa shape index (κ3) is 6.27. The lowest BCUT2D eigenvalue weighted by Gasteiger charge is -2.42. The van der Waals surface area contributed by atoms with Gasteiger partial charge in [-0.15, -0.1) is 0 Å². The number of nitriles is 1. The molecular formula is C20H24N6O5. The van der Waals surface area contributed by atoms with Crippen LogP contribution in [0.2, 0.25) is 0 Å². The molecule has 2 aromatic rings. The predicted octanol–water partition coefficient (Wildman–Crippen LogP) is 1.26. The SMILES string of the molecule is C[C@@H]1CCN(C(=O)CC#N)C[C@@H]1N(C)c1ncnc2[nH]ccc12.O=C(O)/C=C\C(=O)O. The zero-order valence-electron chi connectivity index (χ0n) is 17.2. The van der Waals surface area contributed by atoms with Crippen LogP contribution < -0.4 is 4.90 Å². The molecular weight excluding hydrogens is 404 g/mol. The number of likely N-dealkylation sites (tertiary alicyclic amines) is 1. The molecule has 11 heteroatoms. The fourth-order valence-corrected chi connectivity index (χ4v) is 3.40. The molecule has 0 aliphatic carbocycles. The number of hydrogen-bond donors (Lipinski definition) is 3. The van der Waals surface area contributed by atoms with Crippen LogP contribution in [-0.2, 0) is 14.4 Å². The molecule has 2 aromatic heterocycles. The highest BCUT2D eigenvalue weighted by Crippen LogP contribution is 2.28. The number of carboxylic acids is 2. The summed E-state index contributed by atoms with van der Waals surface area (Å²) in [6, 6.07) is 4.07. The summed E-state index contributed by atoms with van der Waals surface area (Å²) < 4.78 is 0. The molecule has 164 valence electrons. The third-order valence-corrected chi connectivity index (χ3v) is 5.03. The van der Waals surface area contributed by atoms with Crippen LogP contribution in [0.4, 0.5) is 5.82 Å². The van der Waals surface area contributed by atoms with Crippen molar-refractivity contribution in [2.45, 2.75) is 25.8 Å². The summed E-state index contributed by atoms with van der Waals surface area (Å²) in [5.41, 5.74) is 0.808. The van der Waals surface area contributed by atoms with E-state index in [-0.39, 0.29) is 18.4 Å². The number of nitrogens with zero attached hydrogens (tertiary/aromatic N) is 5. The highest BCUT2D eigenvalue weighted by atomic mass is 16.4. The fourth-order valence-electron chi connectivity index (χ4n) is 3.40. The van der Waals surface area contributed by atoms with E-state index in [1.54, 1.807) is 11.2 Å². The minimum absolute atomic E-state index is 0.0552. The predicted molar refractivity (Wildman–Crippen MR) is 111 cm³/mol. The Balaban J connectivity index is 0.000000366. The van der Waals surface area contributed by atoms with Crippen molar-refractivity contribution >= 4 is 34.7 Å². The van der Waals surface area contributed by atoms with E-state index in [0.29, 0.717) is 24.6 Å². The lowest BCUT2D eigenvalue weighted by Crippen LogP contribution is -2.52. The van der Waals surface area contributed by atoms with Gasteiger partial charge in [-0.3, -0.25) is 4.79 Å². The molecule has 3 N–H and O–H groups in total. The fraction of sp³-hybridized carbons (Fsp3) is 0.400. The second-order valence-corrected chi connectivity index (χ2v) is 7.07. The maximum atomic E-state index is 12.0. The number of aliphatic carboxylic acids is 2. The van der Waals surface area contributed by atoms with Crippen LogP contribution in [0.5, 0.6) is 0 Å². The van der Waals surface area contributed by atoms with E-state index < -0.39 is 11.9 Å². The van der Waals surface area contributed by atoms with E-state index >= 15 is 0 Å². The van der Waals surface area contributed by atoms with E-state index in [1.807, 2.05) is 25.4 Å². The molecule has 1 fully saturated rings. The number of anilines is 1. The summed E-state index contributed by atoms with van der Waals surface area (Å²) in [5.74, 6) is -1.30. The van der Waals surface area contributed by atoms with Crippen molar-refractivity contribution in [2.75, 3.05) is 25.0 Å². The number of hydrogen-bond acceptors (Lipinski definition) is 7. The Morgan fingerprint density at radius 1 is 1.32 bits per heavy atom. The first-order valence-corrected chi connectivity index (χ1v) is 9.54. The molecule has 1 aliphatic rings. The van der Waals surface area contributed by atoms with Gasteiger partial charge in [-0.1, -0.05) is 6.92 Å². The number of nitrogens with one attached hydrogen (secondary N) is 1. The number of carbonyl (C=O) groups excluding carboxylic acids is 1. The second-order valence-electron chi connectivity index (χ2n) is 7.07. The van der Waals surface area contributed by atoms with Crippen molar-refractivity contribution in [2.24, 2.45) is 5.92 Å². The summed E-state index contributed by atoms with van der Waals surface area (Å²) in [7, 11) is 2.01. The Hall–Kier alpha value is -3.94. The minimum Gasteiger partial charge on any atom is -0.478 e. The van der Waals surface area contributed by atoms with Gasteiger partial charge in [0.2, 0.25) is 5.91 Å². The van der Waals surface area contributed by atoms with Crippen LogP contribution in [0.3, 0.4) is 0 Å². The number of amides is 1. The Morgan fingerprint density at radius 2 is 2.00 bits per heavy atom. The largest absolute Gasteiger partial charge is 0.478 e. The second kappa shape index (κ2) is 10.7. The highest BCUT2D eigenvalue weighted by Gasteiger charge is 2.32. The van der Waals surface area contributed by atoms with Crippen LogP contribution >= 0.6 is 0 Å². The maximum absolute atomic E-state index is 12.0. The molecule has 3 rings (SSSR count). The number of fused-ring (bicyclic) bond motifs is 1. The Bertz CT molecular complexity index is 995. The molecule has 1 aliphatic heterocycles. The maximum Gasteiger partial charge on any atom is 0.328 e. The van der Waals surface area contributed by atoms with Crippen molar-refractivity contribution in [3.63, 3.8) is 0 Å². The molecule has 31 heavy (non-hydrogen) atoms. The molecule has 2 atom stereocenters. The van der Waals surface area contributed by atoms with Gasteiger partial charge in [0.25, 0.3) is 0 Å². The molecule has 0 bridgehead atoms. The summed E-state index contributed by atoms with van der Waals surface area (Å²) in [6.07, 6.45) is 5.39. The molecule has 0 aromatic carbocycles. The number of piperidine rings is 1. The van der Waals surface area contributed by atoms with Crippen LogP contribution in [0.15, 0.2) is 30.7 Å². The zero-order chi connectivity index (χ0) is 23.0. The van der Waals surface area contributed by atoms with E-state index in [9.17, 15) is 14.4 Å². The van der Waals surface area contributed by atoms with Gasteiger partial charge >= 0.3 is 11.9 Å². The van der Waals surface area contributed by atoms with E-state index in [0.717, 1.165) is 29.8 Å². The molecule has 0 saturated carbocycles. The average molecular weight is 428 g/mol. The lowest BCUT2D eigenvalue weighted by molar-refractivity contribution is -0.134. The number of H-pyrrole nitrogens is 1. The summed E-state index contributed by atoms with van der Waals surface area (Å²) in [5, 5.41) is 25.3. The minimum atomic E-state index is -1.26. The van der Waals surface area contributed by atoms with E-state index in [2.05, 4.69) is 26.8 Å². The molecule has 0 unspecified atom stereocenters. The van der Waals surface area contributed by atoms with Crippen molar-refractivity contribution in [1.82, 2.24) is 19.9 Å². The number of rotatable bonds is 5. The first-order chi connectivity index (χ1) is 14.7. The Kier molecular flexibility index (Phi) is 8.08. The van der Waals surface area contributed by atoms with Gasteiger partial charge < -0.3 is 25.0 Å². The molecule has 3 heterocycles. The van der Waals surface area contributed by atoms with Crippen LogP contribution in [0.25, 0.3) is 11.0 Å². The monoisotopic (exact) mass is 428 g/mol. The number of carboxylic acid groups (broad SMARTS) is 2. The topological polar surface area (TPSA) is 164 Å². The molecule has 11 nitrogen and oxygen atoms in total. The van der Waals surface area contributed by atoms with Crippen molar-refractivity contribution in [3.05, 3.63) is 30.7 Å². The van der Waals surface area contributed by atoms with Crippen LogP contribution in [0.1, 0.15) is 19.8 Å². The van der Waals surface area contributed by atoms with Gasteiger partial charge in [-0.2, -0.15) is 5.26 Å². The zero-order valence-corrected chi connectivity index (χ0v) is 17.2. The van der Waals surface area contributed by atoms with Crippen molar-refractivity contribution in [1.29, 1.82) is 5.26 Å². The van der Waals surface area contributed by atoms with Gasteiger partial charge in [0.05, 0.1) is 17.5 Å². The van der Waals surface area contributed by atoms with Crippen LogP contribution in [-0.4, -0.2) is 74.1 Å². The van der Waals surface area contributed by atoms with Crippen molar-refractivity contribution < 1.29 is 24.6 Å². The van der Waals surface area contributed by atoms with E-state index in [1.165, 1.54) is 0 Å². The summed E-state index contributed by atoms with van der Waals surface area (Å²) in [4.78, 5) is 46.8. The Labute approximate surface area is 178 Å².